The Morgan fingerprint density at radius 3 is 2.52 bits per heavy atom. The molecule has 118 valence electrons. The first-order valence-corrected chi connectivity index (χ1v) is 9.65. The number of thiophene rings is 1. The van der Waals surface area contributed by atoms with Crippen molar-refractivity contribution in [2.75, 3.05) is 39.8 Å². The minimum atomic E-state index is -3.51. The van der Waals surface area contributed by atoms with E-state index in [0.717, 1.165) is 11.3 Å². The van der Waals surface area contributed by atoms with Crippen LogP contribution in [0, 0.1) is 0 Å². The maximum absolute atomic E-state index is 12.5. The van der Waals surface area contributed by atoms with E-state index in [9.17, 15) is 13.2 Å². The lowest BCUT2D eigenvalue weighted by atomic mass is 10.3. The molecule has 0 spiro atoms. The van der Waals surface area contributed by atoms with Gasteiger partial charge in [-0.1, -0.05) is 11.6 Å². The second-order valence-electron chi connectivity index (χ2n) is 4.54. The molecule has 1 saturated heterocycles. The largest absolute Gasteiger partial charge is 0.358 e. The number of hydrogen-bond acceptors (Lipinski definition) is 5. The Bertz CT molecular complexity index is 607. The van der Waals surface area contributed by atoms with Gasteiger partial charge >= 0.3 is 0 Å². The van der Waals surface area contributed by atoms with Gasteiger partial charge in [-0.15, -0.1) is 11.3 Å². The van der Waals surface area contributed by atoms with Crippen molar-refractivity contribution in [3.63, 3.8) is 0 Å². The van der Waals surface area contributed by atoms with Crippen LogP contribution in [-0.4, -0.2) is 63.3 Å². The molecule has 0 saturated carbocycles. The summed E-state index contributed by atoms with van der Waals surface area (Å²) < 4.78 is 27.3. The standard InChI is InChI=1S/C11H15BrClN3O3S2/c1-14-9(17)7-15-2-4-16(5-3-15)21(18,19)10-6-8(13)11(12)20-10/h6H,2-5,7H2,1H3,(H,14,17). The first-order chi connectivity index (χ1) is 9.84. The molecule has 1 aromatic heterocycles. The number of likely N-dealkylation sites (N-methyl/N-ethyl adjacent to an activating group) is 1. The Morgan fingerprint density at radius 1 is 1.43 bits per heavy atom. The van der Waals surface area contributed by atoms with Crippen molar-refractivity contribution in [2.45, 2.75) is 4.21 Å². The summed E-state index contributed by atoms with van der Waals surface area (Å²) in [5.41, 5.74) is 0. The first-order valence-electron chi connectivity index (χ1n) is 6.22. The predicted octanol–water partition coefficient (Wildman–Crippen LogP) is 1.22. The number of halogens is 2. The van der Waals surface area contributed by atoms with Gasteiger partial charge < -0.3 is 5.32 Å². The Hall–Kier alpha value is -0.190. The van der Waals surface area contributed by atoms with Crippen molar-refractivity contribution < 1.29 is 13.2 Å². The molecular formula is C11H15BrClN3O3S2. The van der Waals surface area contributed by atoms with E-state index in [1.165, 1.54) is 10.4 Å². The molecule has 10 heteroatoms. The van der Waals surface area contributed by atoms with Crippen LogP contribution < -0.4 is 5.32 Å². The lowest BCUT2D eigenvalue weighted by Gasteiger charge is -2.33. The van der Waals surface area contributed by atoms with E-state index in [0.29, 0.717) is 41.5 Å². The van der Waals surface area contributed by atoms with Crippen molar-refractivity contribution >= 4 is 54.8 Å². The Morgan fingerprint density at radius 2 is 2.05 bits per heavy atom. The quantitative estimate of drug-likeness (QED) is 0.801. The maximum atomic E-state index is 12.5. The van der Waals surface area contributed by atoms with Crippen molar-refractivity contribution in [1.29, 1.82) is 0 Å². The highest BCUT2D eigenvalue weighted by Crippen LogP contribution is 2.36. The normalized spacial score (nSPS) is 17.9. The van der Waals surface area contributed by atoms with Crippen molar-refractivity contribution in [1.82, 2.24) is 14.5 Å². The van der Waals surface area contributed by atoms with Gasteiger partial charge in [0.15, 0.2) is 0 Å². The lowest BCUT2D eigenvalue weighted by molar-refractivity contribution is -0.122. The molecule has 0 aliphatic carbocycles. The van der Waals surface area contributed by atoms with Gasteiger partial charge in [-0.2, -0.15) is 4.31 Å². The average Bonchev–Trinajstić information content (AvgIpc) is 2.80. The fourth-order valence-electron chi connectivity index (χ4n) is 1.99. The fourth-order valence-corrected chi connectivity index (χ4v) is 5.97. The highest BCUT2D eigenvalue weighted by atomic mass is 79.9. The summed E-state index contributed by atoms with van der Waals surface area (Å²) >= 11 is 10.2. The predicted molar refractivity (Wildman–Crippen MR) is 86.3 cm³/mol. The zero-order chi connectivity index (χ0) is 15.6. The van der Waals surface area contributed by atoms with Gasteiger partial charge in [0.25, 0.3) is 10.0 Å². The van der Waals surface area contributed by atoms with E-state index in [4.69, 9.17) is 11.6 Å². The number of nitrogens with one attached hydrogen (secondary N) is 1. The number of hydrogen-bond donors (Lipinski definition) is 1. The second-order valence-corrected chi connectivity index (χ2v) is 9.48. The summed E-state index contributed by atoms with van der Waals surface area (Å²) in [6.07, 6.45) is 0. The van der Waals surface area contributed by atoms with Crippen LogP contribution in [0.5, 0.6) is 0 Å². The number of carbonyl (C=O) groups excluding carboxylic acids is 1. The van der Waals surface area contributed by atoms with E-state index in [1.807, 2.05) is 4.90 Å². The van der Waals surface area contributed by atoms with E-state index in [1.54, 1.807) is 7.05 Å². The maximum Gasteiger partial charge on any atom is 0.252 e. The molecule has 0 aromatic carbocycles. The lowest BCUT2D eigenvalue weighted by Crippen LogP contribution is -2.50. The minimum absolute atomic E-state index is 0.0692. The van der Waals surface area contributed by atoms with Crippen LogP contribution in [0.1, 0.15) is 0 Å². The molecule has 0 radical (unpaired) electrons. The summed E-state index contributed by atoms with van der Waals surface area (Å²) in [4.78, 5) is 13.3. The first kappa shape index (κ1) is 17.2. The van der Waals surface area contributed by atoms with Gasteiger partial charge in [0, 0.05) is 33.2 Å². The highest BCUT2D eigenvalue weighted by Gasteiger charge is 2.30. The zero-order valence-electron chi connectivity index (χ0n) is 11.3. The molecule has 0 unspecified atom stereocenters. The third kappa shape index (κ3) is 3.96. The van der Waals surface area contributed by atoms with E-state index >= 15 is 0 Å². The molecule has 2 rings (SSSR count). The monoisotopic (exact) mass is 415 g/mol. The molecule has 0 bridgehead atoms. The van der Waals surface area contributed by atoms with Gasteiger partial charge in [0.05, 0.1) is 15.4 Å². The molecule has 21 heavy (non-hydrogen) atoms. The summed E-state index contributed by atoms with van der Waals surface area (Å²) in [5, 5.41) is 2.96. The fraction of sp³-hybridized carbons (Fsp3) is 0.545. The van der Waals surface area contributed by atoms with E-state index in [-0.39, 0.29) is 10.1 Å². The minimum Gasteiger partial charge on any atom is -0.358 e. The third-order valence-electron chi connectivity index (χ3n) is 3.19. The van der Waals surface area contributed by atoms with Gasteiger partial charge in [-0.25, -0.2) is 8.42 Å². The number of amides is 1. The number of rotatable bonds is 4. The summed E-state index contributed by atoms with van der Waals surface area (Å²) in [6, 6.07) is 1.46. The van der Waals surface area contributed by atoms with Gasteiger partial charge in [-0.3, -0.25) is 9.69 Å². The molecule has 1 aliphatic rings. The number of nitrogens with zero attached hydrogens (tertiary/aromatic N) is 2. The molecule has 0 atom stereocenters. The van der Waals surface area contributed by atoms with Crippen LogP contribution in [-0.2, 0) is 14.8 Å². The van der Waals surface area contributed by atoms with Crippen LogP contribution in [0.4, 0.5) is 0 Å². The Kier molecular flexibility index (Phi) is 5.66. The summed E-state index contributed by atoms with van der Waals surface area (Å²) in [5.74, 6) is -0.0692. The average molecular weight is 417 g/mol. The van der Waals surface area contributed by atoms with Crippen molar-refractivity contribution in [2.24, 2.45) is 0 Å². The third-order valence-corrected chi connectivity index (χ3v) is 8.02. The van der Waals surface area contributed by atoms with Crippen LogP contribution in [0.25, 0.3) is 0 Å². The molecular weight excluding hydrogens is 402 g/mol. The molecule has 1 aromatic rings. The van der Waals surface area contributed by atoms with E-state index < -0.39 is 10.0 Å². The topological polar surface area (TPSA) is 69.7 Å². The summed E-state index contributed by atoms with van der Waals surface area (Å²) in [6.45, 7) is 2.10. The van der Waals surface area contributed by atoms with Crippen molar-refractivity contribution in [3.05, 3.63) is 14.9 Å². The molecule has 2 heterocycles. The van der Waals surface area contributed by atoms with Gasteiger partial charge in [0.2, 0.25) is 5.91 Å². The van der Waals surface area contributed by atoms with Crippen LogP contribution >= 0.6 is 38.9 Å². The molecule has 1 N–H and O–H groups in total. The van der Waals surface area contributed by atoms with Crippen molar-refractivity contribution in [3.8, 4) is 0 Å². The zero-order valence-corrected chi connectivity index (χ0v) is 15.3. The Balaban J connectivity index is 2.02. The highest BCUT2D eigenvalue weighted by molar-refractivity contribution is 9.11. The van der Waals surface area contributed by atoms with Gasteiger partial charge in [-0.05, 0) is 22.0 Å². The second kappa shape index (κ2) is 6.93. The number of carbonyl (C=O) groups is 1. The Labute approximate surface area is 141 Å². The molecule has 6 nitrogen and oxygen atoms in total. The molecule has 1 aliphatic heterocycles. The molecule has 1 amide bonds. The SMILES string of the molecule is CNC(=O)CN1CCN(S(=O)(=O)c2cc(Cl)c(Br)s2)CC1. The smallest absolute Gasteiger partial charge is 0.252 e. The van der Waals surface area contributed by atoms with E-state index in [2.05, 4.69) is 21.2 Å². The van der Waals surface area contributed by atoms with Gasteiger partial charge in [0.1, 0.15) is 4.21 Å². The summed E-state index contributed by atoms with van der Waals surface area (Å²) in [7, 11) is -1.93. The number of sulfonamides is 1. The van der Waals surface area contributed by atoms with Crippen LogP contribution in [0.15, 0.2) is 14.1 Å². The molecule has 1 fully saturated rings. The number of piperazine rings is 1. The van der Waals surface area contributed by atoms with Crippen LogP contribution in [0.3, 0.4) is 0 Å². The van der Waals surface area contributed by atoms with Crippen LogP contribution in [0.2, 0.25) is 5.02 Å².